The van der Waals surface area contributed by atoms with Crippen LogP contribution in [-0.4, -0.2) is 30.5 Å². The summed E-state index contributed by atoms with van der Waals surface area (Å²) in [6.07, 6.45) is 2.29. The third-order valence-electron chi connectivity index (χ3n) is 2.27. The van der Waals surface area contributed by atoms with Gasteiger partial charge in [-0.1, -0.05) is 0 Å². The van der Waals surface area contributed by atoms with Gasteiger partial charge < -0.3 is 14.2 Å². The SMILES string of the molecule is CCOP(CCCC(C)(C)C(=O)O)OCC. The van der Waals surface area contributed by atoms with Gasteiger partial charge in [0.1, 0.15) is 0 Å². The van der Waals surface area contributed by atoms with E-state index in [4.69, 9.17) is 14.2 Å². The van der Waals surface area contributed by atoms with Gasteiger partial charge in [0.2, 0.25) is 0 Å². The molecular weight excluding hydrogens is 227 g/mol. The first-order valence-corrected chi connectivity index (χ1v) is 7.07. The molecule has 0 bridgehead atoms. The number of carbonyl (C=O) groups is 1. The molecule has 0 radical (unpaired) electrons. The first kappa shape index (κ1) is 15.8. The molecule has 0 rings (SSSR count). The Balaban J connectivity index is 3.88. The van der Waals surface area contributed by atoms with Crippen LogP contribution in [-0.2, 0) is 13.8 Å². The van der Waals surface area contributed by atoms with Crippen LogP contribution in [0.2, 0.25) is 0 Å². The fraction of sp³-hybridized carbons (Fsp3) is 0.909. The van der Waals surface area contributed by atoms with Gasteiger partial charge >= 0.3 is 5.97 Å². The van der Waals surface area contributed by atoms with E-state index in [-0.39, 0.29) is 0 Å². The summed E-state index contributed by atoms with van der Waals surface area (Å²) in [5.74, 6) is -0.746. The number of carboxylic acid groups (broad SMARTS) is 1. The Labute approximate surface area is 99.2 Å². The molecule has 16 heavy (non-hydrogen) atoms. The molecule has 4 nitrogen and oxygen atoms in total. The highest BCUT2D eigenvalue weighted by Gasteiger charge is 2.26. The summed E-state index contributed by atoms with van der Waals surface area (Å²) < 4.78 is 10.9. The Morgan fingerprint density at radius 3 is 2.12 bits per heavy atom. The molecule has 0 aliphatic carbocycles. The van der Waals surface area contributed by atoms with Gasteiger partial charge in [-0.05, 0) is 40.5 Å². The van der Waals surface area contributed by atoms with Gasteiger partial charge in [-0.15, -0.1) is 0 Å². The lowest BCUT2D eigenvalue weighted by molar-refractivity contribution is -0.147. The summed E-state index contributed by atoms with van der Waals surface area (Å²) in [5, 5.41) is 8.96. The Morgan fingerprint density at radius 2 is 1.75 bits per heavy atom. The number of rotatable bonds is 9. The predicted molar refractivity (Wildman–Crippen MR) is 65.7 cm³/mol. The quantitative estimate of drug-likeness (QED) is 0.638. The highest BCUT2D eigenvalue weighted by Crippen LogP contribution is 2.40. The molecule has 1 N–H and O–H groups in total. The van der Waals surface area contributed by atoms with Crippen molar-refractivity contribution in [2.75, 3.05) is 19.4 Å². The van der Waals surface area contributed by atoms with Crippen molar-refractivity contribution in [2.24, 2.45) is 5.41 Å². The molecule has 0 atom stereocenters. The van der Waals surface area contributed by atoms with E-state index < -0.39 is 19.8 Å². The van der Waals surface area contributed by atoms with E-state index >= 15 is 0 Å². The van der Waals surface area contributed by atoms with Gasteiger partial charge in [0.15, 0.2) is 8.38 Å². The van der Waals surface area contributed by atoms with Crippen molar-refractivity contribution in [1.82, 2.24) is 0 Å². The average molecular weight is 250 g/mol. The standard InChI is InChI=1S/C11H23O4P/c1-5-14-16(15-6-2)9-7-8-11(3,4)10(12)13/h5-9H2,1-4H3,(H,12,13). The smallest absolute Gasteiger partial charge is 0.309 e. The minimum atomic E-state index is -0.826. The third-order valence-corrected chi connectivity index (χ3v) is 4.04. The molecule has 0 aromatic carbocycles. The van der Waals surface area contributed by atoms with Crippen molar-refractivity contribution in [1.29, 1.82) is 0 Å². The molecule has 0 aromatic rings. The minimum absolute atomic E-state index is 0.647. The Morgan fingerprint density at radius 1 is 1.25 bits per heavy atom. The van der Waals surface area contributed by atoms with Crippen molar-refractivity contribution in [3.8, 4) is 0 Å². The van der Waals surface area contributed by atoms with Gasteiger partial charge in [0.05, 0.1) is 18.6 Å². The molecule has 0 aliphatic rings. The fourth-order valence-corrected chi connectivity index (χ4v) is 2.54. The van der Waals surface area contributed by atoms with Crippen LogP contribution in [0.4, 0.5) is 0 Å². The zero-order valence-electron chi connectivity index (χ0n) is 10.7. The Kier molecular flexibility index (Phi) is 7.90. The number of aliphatic carboxylic acids is 1. The van der Waals surface area contributed by atoms with Crippen LogP contribution in [0.3, 0.4) is 0 Å². The Bertz CT molecular complexity index is 200. The zero-order chi connectivity index (χ0) is 12.6. The van der Waals surface area contributed by atoms with Gasteiger partial charge in [-0.3, -0.25) is 4.79 Å². The molecule has 96 valence electrons. The zero-order valence-corrected chi connectivity index (χ0v) is 11.5. The molecule has 0 aliphatic heterocycles. The van der Waals surface area contributed by atoms with Crippen molar-refractivity contribution >= 4 is 14.3 Å². The Hall–Kier alpha value is -0.180. The van der Waals surface area contributed by atoms with Crippen LogP contribution < -0.4 is 0 Å². The second kappa shape index (κ2) is 7.99. The summed E-state index contributed by atoms with van der Waals surface area (Å²) in [6.45, 7) is 8.67. The highest BCUT2D eigenvalue weighted by atomic mass is 31.2. The van der Waals surface area contributed by atoms with Crippen molar-refractivity contribution in [2.45, 2.75) is 40.5 Å². The largest absolute Gasteiger partial charge is 0.481 e. The fourth-order valence-electron chi connectivity index (χ4n) is 1.21. The first-order chi connectivity index (χ1) is 7.44. The minimum Gasteiger partial charge on any atom is -0.481 e. The monoisotopic (exact) mass is 250 g/mol. The molecule has 0 aromatic heterocycles. The van der Waals surface area contributed by atoms with Gasteiger partial charge in [-0.25, -0.2) is 0 Å². The summed E-state index contributed by atoms with van der Waals surface area (Å²) in [4.78, 5) is 10.9. The molecular formula is C11H23O4P. The highest BCUT2D eigenvalue weighted by molar-refractivity contribution is 7.47. The van der Waals surface area contributed by atoms with Crippen LogP contribution in [0.25, 0.3) is 0 Å². The van der Waals surface area contributed by atoms with Gasteiger partial charge in [0, 0.05) is 6.16 Å². The summed E-state index contributed by atoms with van der Waals surface area (Å²) >= 11 is 0. The summed E-state index contributed by atoms with van der Waals surface area (Å²) in [5.41, 5.74) is -0.653. The van der Waals surface area contributed by atoms with Crippen molar-refractivity contribution in [3.05, 3.63) is 0 Å². The van der Waals surface area contributed by atoms with E-state index in [1.165, 1.54) is 0 Å². The molecule has 0 heterocycles. The van der Waals surface area contributed by atoms with Crippen molar-refractivity contribution < 1.29 is 18.9 Å². The van der Waals surface area contributed by atoms with E-state index in [1.54, 1.807) is 13.8 Å². The van der Waals surface area contributed by atoms with Gasteiger partial charge in [0.25, 0.3) is 0 Å². The normalized spacial score (nSPS) is 12.1. The van der Waals surface area contributed by atoms with Crippen LogP contribution in [0.15, 0.2) is 0 Å². The number of carboxylic acids is 1. The number of hydrogen-bond donors (Lipinski definition) is 1. The van der Waals surface area contributed by atoms with E-state index in [9.17, 15) is 4.79 Å². The lowest BCUT2D eigenvalue weighted by atomic mass is 9.88. The number of hydrogen-bond acceptors (Lipinski definition) is 3. The molecule has 5 heteroatoms. The van der Waals surface area contributed by atoms with E-state index in [1.807, 2.05) is 13.8 Å². The summed E-state index contributed by atoms with van der Waals surface area (Å²) in [7, 11) is -0.826. The summed E-state index contributed by atoms with van der Waals surface area (Å²) in [6, 6.07) is 0. The topological polar surface area (TPSA) is 55.8 Å². The van der Waals surface area contributed by atoms with Crippen molar-refractivity contribution in [3.63, 3.8) is 0 Å². The second-order valence-electron chi connectivity index (χ2n) is 4.18. The average Bonchev–Trinajstić information content (AvgIpc) is 2.17. The van der Waals surface area contributed by atoms with Crippen LogP contribution in [0.1, 0.15) is 40.5 Å². The van der Waals surface area contributed by atoms with Crippen LogP contribution >= 0.6 is 8.38 Å². The van der Waals surface area contributed by atoms with E-state index in [2.05, 4.69) is 0 Å². The maximum absolute atomic E-state index is 10.9. The van der Waals surface area contributed by atoms with Crippen LogP contribution in [0.5, 0.6) is 0 Å². The second-order valence-corrected chi connectivity index (χ2v) is 5.81. The lowest BCUT2D eigenvalue weighted by Gasteiger charge is -2.20. The molecule has 0 saturated heterocycles. The molecule has 0 amide bonds. The molecule has 0 fully saturated rings. The molecule has 0 spiro atoms. The predicted octanol–water partition coefficient (Wildman–Crippen LogP) is 3.26. The molecule has 0 saturated carbocycles. The van der Waals surface area contributed by atoms with Gasteiger partial charge in [-0.2, -0.15) is 0 Å². The first-order valence-electron chi connectivity index (χ1n) is 5.70. The van der Waals surface area contributed by atoms with E-state index in [0.29, 0.717) is 19.6 Å². The molecule has 0 unspecified atom stereocenters. The maximum Gasteiger partial charge on any atom is 0.309 e. The van der Waals surface area contributed by atoms with Crippen LogP contribution in [0, 0.1) is 5.41 Å². The maximum atomic E-state index is 10.9. The van der Waals surface area contributed by atoms with E-state index in [0.717, 1.165) is 12.6 Å². The third kappa shape index (κ3) is 6.41. The lowest BCUT2D eigenvalue weighted by Crippen LogP contribution is -2.23.